The largest absolute Gasteiger partial charge is 0.334 e. The first kappa shape index (κ1) is 14.5. The number of carbonyl (C=O) groups excluding carboxylic acids is 1. The summed E-state index contributed by atoms with van der Waals surface area (Å²) in [6.07, 6.45) is 2.07. The lowest BCUT2D eigenvalue weighted by Gasteiger charge is -2.26. The Morgan fingerprint density at radius 3 is 2.74 bits per heavy atom. The molecule has 1 fully saturated rings. The van der Waals surface area contributed by atoms with Crippen molar-refractivity contribution in [1.29, 1.82) is 0 Å². The smallest absolute Gasteiger partial charge is 0.272 e. The molecule has 1 aliphatic rings. The van der Waals surface area contributed by atoms with Crippen molar-refractivity contribution in [2.75, 3.05) is 18.1 Å². The second-order valence-corrected chi connectivity index (χ2v) is 7.65. The quantitative estimate of drug-likeness (QED) is 0.831. The highest BCUT2D eigenvalue weighted by molar-refractivity contribution is 9.10. The second kappa shape index (κ2) is 5.58. The number of pyridine rings is 1. The van der Waals surface area contributed by atoms with Gasteiger partial charge in [-0.05, 0) is 41.4 Å². The van der Waals surface area contributed by atoms with E-state index in [1.54, 1.807) is 23.2 Å². The Morgan fingerprint density at radius 2 is 2.26 bits per heavy atom. The maximum atomic E-state index is 12.3. The molecular formula is C12H15BrN2O3S. The molecule has 19 heavy (non-hydrogen) atoms. The normalized spacial score (nSPS) is 21.3. The summed E-state index contributed by atoms with van der Waals surface area (Å²) in [6, 6.07) is 3.16. The molecule has 2 heterocycles. The standard InChI is InChI=1S/C12H15BrN2O3S/c1-2-15(10-5-6-19(17,18)8-10)12(16)11-4-3-9(13)7-14-11/h3-4,7,10H,2,5-6,8H2,1H3. The van der Waals surface area contributed by atoms with Crippen LogP contribution in [-0.4, -0.2) is 48.3 Å². The summed E-state index contributed by atoms with van der Waals surface area (Å²) >= 11 is 3.26. The van der Waals surface area contributed by atoms with Crippen LogP contribution in [0.15, 0.2) is 22.8 Å². The molecule has 1 unspecified atom stereocenters. The Morgan fingerprint density at radius 1 is 1.53 bits per heavy atom. The van der Waals surface area contributed by atoms with E-state index < -0.39 is 9.84 Å². The molecule has 0 radical (unpaired) electrons. The van der Waals surface area contributed by atoms with Gasteiger partial charge in [-0.25, -0.2) is 13.4 Å². The first-order chi connectivity index (χ1) is 8.93. The molecule has 0 aromatic carbocycles. The minimum absolute atomic E-state index is 0.0586. The van der Waals surface area contributed by atoms with Crippen LogP contribution in [0.4, 0.5) is 0 Å². The van der Waals surface area contributed by atoms with E-state index in [-0.39, 0.29) is 23.5 Å². The van der Waals surface area contributed by atoms with Gasteiger partial charge in [0.05, 0.1) is 11.5 Å². The average Bonchev–Trinajstić information content (AvgIpc) is 2.71. The van der Waals surface area contributed by atoms with Gasteiger partial charge in [0.25, 0.3) is 5.91 Å². The third-order valence-corrected chi connectivity index (χ3v) is 5.42. The first-order valence-corrected chi connectivity index (χ1v) is 8.67. The molecule has 0 aliphatic carbocycles. The highest BCUT2D eigenvalue weighted by Crippen LogP contribution is 2.19. The van der Waals surface area contributed by atoms with Gasteiger partial charge in [0, 0.05) is 23.3 Å². The molecular weight excluding hydrogens is 332 g/mol. The monoisotopic (exact) mass is 346 g/mol. The van der Waals surface area contributed by atoms with Gasteiger partial charge in [-0.1, -0.05) is 0 Å². The number of aromatic nitrogens is 1. The lowest BCUT2D eigenvalue weighted by atomic mass is 10.2. The fourth-order valence-corrected chi connectivity index (χ4v) is 4.20. The molecule has 0 spiro atoms. The van der Waals surface area contributed by atoms with E-state index >= 15 is 0 Å². The zero-order chi connectivity index (χ0) is 14.0. The summed E-state index contributed by atoms with van der Waals surface area (Å²) in [4.78, 5) is 18.0. The minimum Gasteiger partial charge on any atom is -0.334 e. The van der Waals surface area contributed by atoms with Crippen molar-refractivity contribution in [2.24, 2.45) is 0 Å². The number of carbonyl (C=O) groups is 1. The van der Waals surface area contributed by atoms with E-state index in [1.165, 1.54) is 0 Å². The fourth-order valence-electron chi connectivity index (χ4n) is 2.24. The number of hydrogen-bond acceptors (Lipinski definition) is 4. The number of amides is 1. The number of hydrogen-bond donors (Lipinski definition) is 0. The average molecular weight is 347 g/mol. The zero-order valence-corrected chi connectivity index (χ0v) is 12.9. The lowest BCUT2D eigenvalue weighted by Crippen LogP contribution is -2.41. The van der Waals surface area contributed by atoms with Crippen LogP contribution < -0.4 is 0 Å². The molecule has 1 atom stereocenters. The summed E-state index contributed by atoms with van der Waals surface area (Å²) in [7, 11) is -2.99. The third kappa shape index (κ3) is 3.33. The highest BCUT2D eigenvalue weighted by atomic mass is 79.9. The van der Waals surface area contributed by atoms with E-state index in [9.17, 15) is 13.2 Å². The Hall–Kier alpha value is -0.950. The molecule has 1 amide bonds. The number of nitrogens with zero attached hydrogens (tertiary/aromatic N) is 2. The van der Waals surface area contributed by atoms with Crippen LogP contribution in [0.1, 0.15) is 23.8 Å². The van der Waals surface area contributed by atoms with Gasteiger partial charge in [0.2, 0.25) is 0 Å². The van der Waals surface area contributed by atoms with Gasteiger partial charge in [0.1, 0.15) is 5.69 Å². The number of rotatable bonds is 3. The predicted octanol–water partition coefficient (Wildman–Crippen LogP) is 1.49. The van der Waals surface area contributed by atoms with Crippen LogP contribution in [0.25, 0.3) is 0 Å². The van der Waals surface area contributed by atoms with E-state index in [2.05, 4.69) is 20.9 Å². The van der Waals surface area contributed by atoms with Crippen LogP contribution in [0, 0.1) is 0 Å². The van der Waals surface area contributed by atoms with E-state index in [0.29, 0.717) is 18.7 Å². The molecule has 7 heteroatoms. The maximum Gasteiger partial charge on any atom is 0.272 e. The van der Waals surface area contributed by atoms with Gasteiger partial charge in [-0.3, -0.25) is 4.79 Å². The van der Waals surface area contributed by atoms with Crippen LogP contribution in [0.2, 0.25) is 0 Å². The van der Waals surface area contributed by atoms with Gasteiger partial charge >= 0.3 is 0 Å². The molecule has 104 valence electrons. The lowest BCUT2D eigenvalue weighted by molar-refractivity contribution is 0.0702. The molecule has 0 N–H and O–H groups in total. The summed E-state index contributed by atoms with van der Waals surface area (Å²) in [5.41, 5.74) is 0.342. The maximum absolute atomic E-state index is 12.3. The van der Waals surface area contributed by atoms with Crippen LogP contribution in [-0.2, 0) is 9.84 Å². The highest BCUT2D eigenvalue weighted by Gasteiger charge is 2.34. The van der Waals surface area contributed by atoms with Gasteiger partial charge in [-0.2, -0.15) is 0 Å². The summed E-state index contributed by atoms with van der Waals surface area (Å²) in [5.74, 6) is 0.00954. The molecule has 0 bridgehead atoms. The predicted molar refractivity (Wildman–Crippen MR) is 75.7 cm³/mol. The fraction of sp³-hybridized carbons (Fsp3) is 0.500. The van der Waals surface area contributed by atoms with Gasteiger partial charge in [-0.15, -0.1) is 0 Å². The molecule has 1 aromatic rings. The SMILES string of the molecule is CCN(C(=O)c1ccc(Br)cn1)C1CCS(=O)(=O)C1. The third-order valence-electron chi connectivity index (χ3n) is 3.20. The van der Waals surface area contributed by atoms with Crippen molar-refractivity contribution in [1.82, 2.24) is 9.88 Å². The molecule has 1 saturated heterocycles. The van der Waals surface area contributed by atoms with Crippen LogP contribution >= 0.6 is 15.9 Å². The molecule has 5 nitrogen and oxygen atoms in total. The van der Waals surface area contributed by atoms with Crippen molar-refractivity contribution in [3.05, 3.63) is 28.5 Å². The Labute approximate surface area is 121 Å². The van der Waals surface area contributed by atoms with Crippen molar-refractivity contribution < 1.29 is 13.2 Å². The van der Waals surface area contributed by atoms with Crippen molar-refractivity contribution in [3.8, 4) is 0 Å². The minimum atomic E-state index is -2.99. The number of halogens is 1. The Kier molecular flexibility index (Phi) is 4.25. The molecule has 2 rings (SSSR count). The topological polar surface area (TPSA) is 67.3 Å². The second-order valence-electron chi connectivity index (χ2n) is 4.51. The van der Waals surface area contributed by atoms with Gasteiger partial charge in [0.15, 0.2) is 9.84 Å². The van der Waals surface area contributed by atoms with Crippen LogP contribution in [0.3, 0.4) is 0 Å². The van der Waals surface area contributed by atoms with E-state index in [1.807, 2.05) is 6.92 Å². The Balaban J connectivity index is 2.18. The molecule has 1 aromatic heterocycles. The summed E-state index contributed by atoms with van der Waals surface area (Å²) in [5, 5.41) is 0. The van der Waals surface area contributed by atoms with Crippen molar-refractivity contribution >= 4 is 31.7 Å². The number of sulfone groups is 1. The molecule has 1 aliphatic heterocycles. The van der Waals surface area contributed by atoms with Crippen molar-refractivity contribution in [2.45, 2.75) is 19.4 Å². The summed E-state index contributed by atoms with van der Waals surface area (Å²) in [6.45, 7) is 2.33. The zero-order valence-electron chi connectivity index (χ0n) is 10.5. The van der Waals surface area contributed by atoms with E-state index in [4.69, 9.17) is 0 Å². The Bertz CT molecular complexity index is 571. The van der Waals surface area contributed by atoms with Gasteiger partial charge < -0.3 is 4.90 Å². The first-order valence-electron chi connectivity index (χ1n) is 6.06. The van der Waals surface area contributed by atoms with Crippen LogP contribution in [0.5, 0.6) is 0 Å². The molecule has 0 saturated carbocycles. The van der Waals surface area contributed by atoms with E-state index in [0.717, 1.165) is 4.47 Å². The van der Waals surface area contributed by atoms with Crippen molar-refractivity contribution in [3.63, 3.8) is 0 Å². The summed E-state index contributed by atoms with van der Waals surface area (Å²) < 4.78 is 23.8.